The third kappa shape index (κ3) is 6.09. The van der Waals surface area contributed by atoms with Crippen LogP contribution in [0.15, 0.2) is 36.7 Å². The number of benzene rings is 1. The van der Waals surface area contributed by atoms with Crippen molar-refractivity contribution in [2.75, 3.05) is 0 Å². The first-order chi connectivity index (χ1) is 19.4. The molecule has 3 rings (SSSR count). The van der Waals surface area contributed by atoms with Crippen molar-refractivity contribution >= 4 is 56.6 Å². The molecule has 2 heterocycles. The highest BCUT2D eigenvalue weighted by Gasteiger charge is 2.83. The van der Waals surface area contributed by atoms with Crippen LogP contribution in [0.5, 0.6) is 0 Å². The van der Waals surface area contributed by atoms with E-state index in [2.05, 4.69) is 9.97 Å². The van der Waals surface area contributed by atoms with Crippen molar-refractivity contribution in [1.82, 2.24) is 9.97 Å². The fourth-order valence-corrected chi connectivity index (χ4v) is 3.25. The summed E-state index contributed by atoms with van der Waals surface area (Å²) in [6.07, 6.45) is -14.9. The van der Waals surface area contributed by atoms with E-state index in [4.69, 9.17) is 34.8 Å². The standard InChI is InChI=1S/C20H6F18N2.CHCl3/c21-13(22,15(25,26)17(29,30)19(33,34)35)9-3-7-1-2-8-4-10(6-40-12(8)11(7)39-5-9)14(23,24)16(27,28)18(31,32)20(36,37)38;2-1(3)4/h1-6H;1H. The molecule has 0 aliphatic rings. The minimum atomic E-state index is -7.24. The van der Waals surface area contributed by atoms with Crippen molar-refractivity contribution < 1.29 is 79.0 Å². The molecule has 0 bridgehead atoms. The summed E-state index contributed by atoms with van der Waals surface area (Å²) in [5, 5.41) is -1.56. The molecule has 0 saturated heterocycles. The number of nitrogens with zero attached hydrogens (tertiary/aromatic N) is 2. The second-order valence-corrected chi connectivity index (χ2v) is 10.3. The van der Waals surface area contributed by atoms with Crippen LogP contribution in [-0.2, 0) is 11.8 Å². The molecule has 0 unspecified atom stereocenters. The molecule has 23 heteroatoms. The number of pyridine rings is 2. The Kier molecular flexibility index (Phi) is 9.86. The maximum Gasteiger partial charge on any atom is 0.460 e. The maximum absolute atomic E-state index is 14.2. The van der Waals surface area contributed by atoms with Gasteiger partial charge in [0.25, 0.3) is 0 Å². The summed E-state index contributed by atoms with van der Waals surface area (Å²) < 4.78 is 237. The van der Waals surface area contributed by atoms with Gasteiger partial charge in [0.15, 0.2) is 4.30 Å². The average molecular weight is 736 g/mol. The third-order valence-electron chi connectivity index (χ3n) is 5.52. The van der Waals surface area contributed by atoms with Crippen molar-refractivity contribution in [3.8, 4) is 0 Å². The molecule has 0 spiro atoms. The molecule has 248 valence electrons. The highest BCUT2D eigenvalue weighted by molar-refractivity contribution is 6.63. The molecule has 0 aliphatic heterocycles. The van der Waals surface area contributed by atoms with E-state index in [1.807, 2.05) is 0 Å². The van der Waals surface area contributed by atoms with E-state index in [9.17, 15) is 79.0 Å². The van der Waals surface area contributed by atoms with Gasteiger partial charge in [-0.2, -0.15) is 79.0 Å². The molecular weight excluding hydrogens is 729 g/mol. The van der Waals surface area contributed by atoms with E-state index in [1.165, 1.54) is 0 Å². The predicted octanol–water partition coefficient (Wildman–Crippen LogP) is 10.6. The van der Waals surface area contributed by atoms with Crippen molar-refractivity contribution in [3.05, 3.63) is 47.8 Å². The van der Waals surface area contributed by atoms with Crippen molar-refractivity contribution in [2.45, 2.75) is 52.2 Å². The molecule has 0 fully saturated rings. The zero-order valence-corrected chi connectivity index (χ0v) is 22.1. The van der Waals surface area contributed by atoms with Crippen molar-refractivity contribution in [3.63, 3.8) is 0 Å². The van der Waals surface area contributed by atoms with Crippen molar-refractivity contribution in [2.24, 2.45) is 0 Å². The van der Waals surface area contributed by atoms with Gasteiger partial charge in [0.2, 0.25) is 0 Å². The lowest BCUT2D eigenvalue weighted by molar-refractivity contribution is -0.399. The number of halogens is 21. The van der Waals surface area contributed by atoms with Crippen LogP contribution >= 0.6 is 34.8 Å². The number of alkyl halides is 21. The molecule has 2 nitrogen and oxygen atoms in total. The lowest BCUT2D eigenvalue weighted by atomic mass is 9.95. The SMILES string of the molecule is ClC(Cl)Cl.FC(F)(F)C(F)(F)C(F)(F)C(F)(F)c1cnc2c(ccc3cc(C(F)(F)C(F)(F)C(F)(F)C(F)(F)F)cnc32)c1. The predicted molar refractivity (Wildman–Crippen MR) is 118 cm³/mol. The first-order valence-electron chi connectivity index (χ1n) is 10.4. The minimum absolute atomic E-state index is 0.0651. The van der Waals surface area contributed by atoms with E-state index < -0.39 is 85.1 Å². The molecule has 1 aromatic carbocycles. The quantitative estimate of drug-likeness (QED) is 0.143. The summed E-state index contributed by atoms with van der Waals surface area (Å²) in [5.74, 6) is -41.1. The summed E-state index contributed by atoms with van der Waals surface area (Å²) >= 11 is 14.4. The maximum atomic E-state index is 14.2. The van der Waals surface area contributed by atoms with Crippen LogP contribution in [-0.4, -0.2) is 50.3 Å². The van der Waals surface area contributed by atoms with Gasteiger partial charge < -0.3 is 0 Å². The smallest absolute Gasteiger partial charge is 0.253 e. The number of rotatable bonds is 6. The Labute approximate surface area is 245 Å². The zero-order chi connectivity index (χ0) is 34.7. The van der Waals surface area contributed by atoms with E-state index in [1.54, 1.807) is 0 Å². The molecule has 44 heavy (non-hydrogen) atoms. The number of fused-ring (bicyclic) bond motifs is 3. The summed E-state index contributed by atoms with van der Waals surface area (Å²) in [5.41, 5.74) is -5.90. The van der Waals surface area contributed by atoms with E-state index in [0.29, 0.717) is 12.1 Å². The fraction of sp³-hybridized carbons (Fsp3) is 0.429. The Morgan fingerprint density at radius 3 is 0.932 bits per heavy atom. The molecule has 2 aromatic heterocycles. The van der Waals surface area contributed by atoms with Gasteiger partial charge in [0, 0.05) is 34.3 Å². The largest absolute Gasteiger partial charge is 0.460 e. The van der Waals surface area contributed by atoms with Crippen LogP contribution in [0.1, 0.15) is 11.1 Å². The number of hydrogen-bond donors (Lipinski definition) is 0. The first-order valence-corrected chi connectivity index (χ1v) is 11.7. The molecule has 0 radical (unpaired) electrons. The second kappa shape index (κ2) is 11.5. The van der Waals surface area contributed by atoms with Gasteiger partial charge in [-0.05, 0) is 12.1 Å². The topological polar surface area (TPSA) is 25.8 Å². The van der Waals surface area contributed by atoms with E-state index in [-0.39, 0.29) is 24.5 Å². The van der Waals surface area contributed by atoms with Gasteiger partial charge in [-0.25, -0.2) is 0 Å². The van der Waals surface area contributed by atoms with Gasteiger partial charge in [-0.1, -0.05) is 46.9 Å². The van der Waals surface area contributed by atoms with Gasteiger partial charge in [-0.3, -0.25) is 9.97 Å². The highest BCUT2D eigenvalue weighted by Crippen LogP contribution is 2.58. The summed E-state index contributed by atoms with van der Waals surface area (Å²) in [6, 6.07) is 0.863. The van der Waals surface area contributed by atoms with Crippen LogP contribution in [0.25, 0.3) is 21.8 Å². The van der Waals surface area contributed by atoms with Gasteiger partial charge in [0.05, 0.1) is 11.0 Å². The second-order valence-electron chi connectivity index (χ2n) is 8.35. The van der Waals surface area contributed by atoms with Gasteiger partial charge in [0.1, 0.15) is 0 Å². The Morgan fingerprint density at radius 2 is 0.705 bits per heavy atom. The van der Waals surface area contributed by atoms with Gasteiger partial charge in [-0.15, -0.1) is 0 Å². The average Bonchev–Trinajstić information content (AvgIpc) is 2.85. The molecule has 0 aliphatic carbocycles. The Morgan fingerprint density at radius 1 is 0.455 bits per heavy atom. The molecule has 3 aromatic rings. The van der Waals surface area contributed by atoms with Crippen LogP contribution < -0.4 is 0 Å². The fourth-order valence-electron chi connectivity index (χ4n) is 3.25. The lowest BCUT2D eigenvalue weighted by Gasteiger charge is -2.33. The summed E-state index contributed by atoms with van der Waals surface area (Å²) in [7, 11) is 0. The first kappa shape index (κ1) is 37.8. The van der Waals surface area contributed by atoms with Gasteiger partial charge >= 0.3 is 47.9 Å². The molecule has 0 saturated carbocycles. The monoisotopic (exact) mass is 734 g/mol. The summed E-state index contributed by atoms with van der Waals surface area (Å²) in [4.78, 5) is 6.28. The zero-order valence-electron chi connectivity index (χ0n) is 19.9. The number of hydrogen-bond acceptors (Lipinski definition) is 2. The molecular formula is C21H7Cl3F18N2. The molecule has 0 amide bonds. The Hall–Kier alpha value is -2.35. The van der Waals surface area contributed by atoms with Crippen LogP contribution in [0, 0.1) is 0 Å². The van der Waals surface area contributed by atoms with Crippen LogP contribution in [0.3, 0.4) is 0 Å². The number of aromatic nitrogens is 2. The highest BCUT2D eigenvalue weighted by atomic mass is 35.6. The third-order valence-corrected chi connectivity index (χ3v) is 5.52. The molecule has 0 N–H and O–H groups in total. The van der Waals surface area contributed by atoms with E-state index in [0.717, 1.165) is 0 Å². The minimum Gasteiger partial charge on any atom is -0.253 e. The summed E-state index contributed by atoms with van der Waals surface area (Å²) in [6.45, 7) is 0. The Balaban J connectivity index is 0.00000159. The van der Waals surface area contributed by atoms with Crippen LogP contribution in [0.2, 0.25) is 0 Å². The Bertz CT molecular complexity index is 1390. The normalized spacial score (nSPS) is 14.7. The molecule has 0 atom stereocenters. The van der Waals surface area contributed by atoms with Crippen molar-refractivity contribution in [1.29, 1.82) is 0 Å². The lowest BCUT2D eigenvalue weighted by Crippen LogP contribution is -2.59. The van der Waals surface area contributed by atoms with E-state index >= 15 is 0 Å². The van der Waals surface area contributed by atoms with Crippen LogP contribution in [0.4, 0.5) is 79.0 Å².